The molecule has 1 aromatic heterocycles. The van der Waals surface area contributed by atoms with E-state index in [1.807, 2.05) is 12.1 Å². The van der Waals surface area contributed by atoms with Gasteiger partial charge in [0, 0.05) is 30.2 Å². The summed E-state index contributed by atoms with van der Waals surface area (Å²) >= 11 is 5.06. The number of aryl methyl sites for hydroxylation is 2. The highest BCUT2D eigenvalue weighted by Crippen LogP contribution is 2.30. The van der Waals surface area contributed by atoms with E-state index in [0.29, 0.717) is 17.7 Å². The number of hydrogen-bond acceptors (Lipinski definition) is 5. The molecule has 4 rings (SSSR count). The van der Waals surface area contributed by atoms with Crippen molar-refractivity contribution in [2.45, 2.75) is 48.6 Å². The molecule has 31 heavy (non-hydrogen) atoms. The van der Waals surface area contributed by atoms with Crippen molar-refractivity contribution in [1.82, 2.24) is 4.98 Å². The van der Waals surface area contributed by atoms with E-state index in [1.165, 1.54) is 16.7 Å². The van der Waals surface area contributed by atoms with Gasteiger partial charge < -0.3 is 4.90 Å². The Labute approximate surface area is 197 Å². The van der Waals surface area contributed by atoms with Crippen molar-refractivity contribution in [3.05, 3.63) is 75.8 Å². The molecule has 164 valence electrons. The minimum Gasteiger partial charge on any atom is -0.348 e. The van der Waals surface area contributed by atoms with Crippen LogP contribution in [0.15, 0.2) is 52.7 Å². The van der Waals surface area contributed by atoms with E-state index in [4.69, 9.17) is 4.98 Å². The quantitative estimate of drug-likeness (QED) is 0.393. The van der Waals surface area contributed by atoms with E-state index < -0.39 is 9.84 Å². The summed E-state index contributed by atoms with van der Waals surface area (Å²) in [4.78, 5) is 7.51. The number of halogens is 1. The molecule has 3 aromatic rings. The SMILES string of the molecule is Cc1cc(C)cc(Cc2csc(N3CCC(S(=O)(=O)c4ccc(CBr)cc4)CC3)n2)c1. The molecule has 4 nitrogen and oxygen atoms in total. The number of rotatable bonds is 6. The van der Waals surface area contributed by atoms with Crippen molar-refractivity contribution >= 4 is 42.2 Å². The Balaban J connectivity index is 1.39. The number of thiazole rings is 1. The third kappa shape index (κ3) is 5.21. The molecule has 1 aliphatic heterocycles. The van der Waals surface area contributed by atoms with Gasteiger partial charge >= 0.3 is 0 Å². The lowest BCUT2D eigenvalue weighted by molar-refractivity contribution is 0.529. The second-order valence-electron chi connectivity index (χ2n) is 8.30. The maximum Gasteiger partial charge on any atom is 0.185 e. The molecule has 0 saturated carbocycles. The van der Waals surface area contributed by atoms with Gasteiger partial charge in [0.15, 0.2) is 15.0 Å². The molecule has 2 aromatic carbocycles. The van der Waals surface area contributed by atoms with Crippen LogP contribution in [0, 0.1) is 13.8 Å². The minimum atomic E-state index is -3.30. The molecule has 1 saturated heterocycles. The minimum absolute atomic E-state index is 0.326. The summed E-state index contributed by atoms with van der Waals surface area (Å²) in [5.74, 6) is 0. The zero-order valence-electron chi connectivity index (χ0n) is 17.8. The number of benzene rings is 2. The molecule has 0 amide bonds. The molecule has 0 N–H and O–H groups in total. The smallest absolute Gasteiger partial charge is 0.185 e. The van der Waals surface area contributed by atoms with Gasteiger partial charge in [-0.15, -0.1) is 11.3 Å². The second kappa shape index (κ2) is 9.43. The van der Waals surface area contributed by atoms with Crippen LogP contribution in [0.25, 0.3) is 0 Å². The van der Waals surface area contributed by atoms with Crippen molar-refractivity contribution in [3.8, 4) is 0 Å². The lowest BCUT2D eigenvalue weighted by Crippen LogP contribution is -2.39. The van der Waals surface area contributed by atoms with Crippen molar-refractivity contribution in [1.29, 1.82) is 0 Å². The fourth-order valence-electron chi connectivity index (χ4n) is 4.22. The Bertz CT molecular complexity index is 1130. The second-order valence-corrected chi connectivity index (χ2v) is 11.9. The molecule has 1 aliphatic rings. The molecule has 0 atom stereocenters. The predicted octanol–water partition coefficient (Wildman–Crippen LogP) is 5.69. The summed E-state index contributed by atoms with van der Waals surface area (Å²) in [5, 5.41) is 3.52. The van der Waals surface area contributed by atoms with Crippen molar-refractivity contribution in [2.75, 3.05) is 18.0 Å². The number of aromatic nitrogens is 1. The van der Waals surface area contributed by atoms with E-state index in [-0.39, 0.29) is 5.25 Å². The number of anilines is 1. The van der Waals surface area contributed by atoms with E-state index in [9.17, 15) is 8.42 Å². The van der Waals surface area contributed by atoms with E-state index >= 15 is 0 Å². The monoisotopic (exact) mass is 518 g/mol. The number of hydrogen-bond donors (Lipinski definition) is 0. The van der Waals surface area contributed by atoms with Crippen LogP contribution < -0.4 is 4.90 Å². The van der Waals surface area contributed by atoms with Crippen LogP contribution >= 0.6 is 27.3 Å². The van der Waals surface area contributed by atoms with Crippen LogP contribution in [0.2, 0.25) is 0 Å². The average molecular weight is 520 g/mol. The number of sulfone groups is 1. The molecule has 0 unspecified atom stereocenters. The highest BCUT2D eigenvalue weighted by atomic mass is 79.9. The Morgan fingerprint density at radius 1 is 1.03 bits per heavy atom. The fraction of sp³-hybridized carbons (Fsp3) is 0.375. The summed E-state index contributed by atoms with van der Waals surface area (Å²) in [6, 6.07) is 13.8. The first-order chi connectivity index (χ1) is 14.8. The fourth-order valence-corrected chi connectivity index (χ4v) is 7.21. The zero-order chi connectivity index (χ0) is 22.0. The summed E-state index contributed by atoms with van der Waals surface area (Å²) in [7, 11) is -3.30. The largest absolute Gasteiger partial charge is 0.348 e. The van der Waals surface area contributed by atoms with Gasteiger partial charge in [0.2, 0.25) is 0 Å². The first-order valence-corrected chi connectivity index (χ1v) is 14.1. The number of piperidine rings is 1. The normalized spacial score (nSPS) is 15.4. The average Bonchev–Trinajstić information content (AvgIpc) is 3.21. The summed E-state index contributed by atoms with van der Waals surface area (Å²) < 4.78 is 26.1. The van der Waals surface area contributed by atoms with E-state index in [2.05, 4.69) is 58.3 Å². The first-order valence-electron chi connectivity index (χ1n) is 10.5. The van der Waals surface area contributed by atoms with E-state index in [1.54, 1.807) is 23.5 Å². The third-order valence-corrected chi connectivity index (χ3v) is 9.64. The summed E-state index contributed by atoms with van der Waals surface area (Å²) in [5.41, 5.74) is 5.98. The molecular formula is C24H27BrN2O2S2. The molecular weight excluding hydrogens is 492 g/mol. The van der Waals surface area contributed by atoms with Crippen molar-refractivity contribution < 1.29 is 8.42 Å². The highest BCUT2D eigenvalue weighted by molar-refractivity contribution is 9.08. The van der Waals surface area contributed by atoms with Crippen LogP contribution in [0.4, 0.5) is 5.13 Å². The standard InChI is InChI=1S/C24H27BrN2O2S2/c1-17-11-18(2)13-20(12-17)14-21-16-30-24(26-21)27-9-7-23(8-10-27)31(28,29)22-5-3-19(15-25)4-6-22/h3-6,11-13,16,23H,7-10,14-15H2,1-2H3. The van der Waals surface area contributed by atoms with Crippen LogP contribution in [-0.2, 0) is 21.6 Å². The van der Waals surface area contributed by atoms with Crippen molar-refractivity contribution in [3.63, 3.8) is 0 Å². The van der Waals surface area contributed by atoms with Gasteiger partial charge in [-0.2, -0.15) is 0 Å². The molecule has 0 spiro atoms. The van der Waals surface area contributed by atoms with Gasteiger partial charge in [0.1, 0.15) is 0 Å². The Hall–Kier alpha value is -1.70. The first kappa shape index (κ1) is 22.5. The zero-order valence-corrected chi connectivity index (χ0v) is 21.1. The van der Waals surface area contributed by atoms with Gasteiger partial charge in [-0.3, -0.25) is 0 Å². The molecule has 0 aliphatic carbocycles. The Kier molecular flexibility index (Phi) is 6.84. The summed E-state index contributed by atoms with van der Waals surface area (Å²) in [6.07, 6.45) is 2.09. The third-order valence-electron chi connectivity index (χ3n) is 5.76. The lowest BCUT2D eigenvalue weighted by Gasteiger charge is -2.31. The highest BCUT2D eigenvalue weighted by Gasteiger charge is 2.32. The number of nitrogens with zero attached hydrogens (tertiary/aromatic N) is 2. The predicted molar refractivity (Wildman–Crippen MR) is 132 cm³/mol. The van der Waals surface area contributed by atoms with Gasteiger partial charge in [-0.05, 0) is 49.9 Å². The molecule has 2 heterocycles. The van der Waals surface area contributed by atoms with Crippen LogP contribution in [-0.4, -0.2) is 31.7 Å². The van der Waals surface area contributed by atoms with Gasteiger partial charge in [-0.25, -0.2) is 13.4 Å². The number of alkyl halides is 1. The topological polar surface area (TPSA) is 50.3 Å². The maximum atomic E-state index is 13.0. The molecule has 0 radical (unpaired) electrons. The maximum absolute atomic E-state index is 13.0. The van der Waals surface area contributed by atoms with Gasteiger partial charge in [0.25, 0.3) is 0 Å². The van der Waals surface area contributed by atoms with Crippen LogP contribution in [0.1, 0.15) is 40.8 Å². The lowest BCUT2D eigenvalue weighted by atomic mass is 10.0. The van der Waals surface area contributed by atoms with Crippen LogP contribution in [0.5, 0.6) is 0 Å². The Morgan fingerprint density at radius 3 is 2.29 bits per heavy atom. The van der Waals surface area contributed by atoms with Gasteiger partial charge in [-0.1, -0.05) is 57.4 Å². The molecule has 7 heteroatoms. The van der Waals surface area contributed by atoms with E-state index in [0.717, 1.165) is 41.2 Å². The van der Waals surface area contributed by atoms with Crippen LogP contribution in [0.3, 0.4) is 0 Å². The van der Waals surface area contributed by atoms with Crippen molar-refractivity contribution in [2.24, 2.45) is 0 Å². The molecule has 0 bridgehead atoms. The summed E-state index contributed by atoms with van der Waals surface area (Å²) in [6.45, 7) is 5.69. The van der Waals surface area contributed by atoms with Gasteiger partial charge in [0.05, 0.1) is 15.8 Å². The molecule has 1 fully saturated rings. The Morgan fingerprint density at radius 2 is 1.68 bits per heavy atom.